The highest BCUT2D eigenvalue weighted by Crippen LogP contribution is 2.39. The maximum Gasteiger partial charge on any atom is 0.390 e. The zero-order chi connectivity index (χ0) is 21.0. The summed E-state index contributed by atoms with van der Waals surface area (Å²) < 4.78 is 39.1. The Labute approximate surface area is 161 Å². The average Bonchev–Trinajstić information content (AvgIpc) is 3.15. The summed E-state index contributed by atoms with van der Waals surface area (Å²) >= 11 is 0. The fourth-order valence-corrected chi connectivity index (χ4v) is 3.21. The third kappa shape index (κ3) is 2.96. The van der Waals surface area contributed by atoms with Gasteiger partial charge in [0.1, 0.15) is 29.0 Å². The second kappa shape index (κ2) is 6.22. The summed E-state index contributed by atoms with van der Waals surface area (Å²) in [6.07, 6.45) is -3.55. The minimum Gasteiger partial charge on any atom is -0.383 e. The van der Waals surface area contributed by atoms with E-state index in [1.807, 2.05) is 0 Å². The summed E-state index contributed by atoms with van der Waals surface area (Å²) in [6, 6.07) is 3.22. The van der Waals surface area contributed by atoms with Gasteiger partial charge in [0.2, 0.25) is 5.91 Å². The van der Waals surface area contributed by atoms with Crippen molar-refractivity contribution < 1.29 is 22.8 Å². The standard InChI is InChI=1S/C17H14F3N7O2/c1-16(7-28)9-11(21)23-13(24-12(9)25-15(16)29)10-8-3-2-5-22-14(8)27(26-10)6-4-17(18,19)20/h2-3,5,7H,4,6H2,1H3,(H3,21,23,24,25,29). The van der Waals surface area contributed by atoms with Crippen molar-refractivity contribution in [2.75, 3.05) is 11.1 Å². The maximum absolute atomic E-state index is 12.6. The monoisotopic (exact) mass is 405 g/mol. The lowest BCUT2D eigenvalue weighted by atomic mass is 9.86. The van der Waals surface area contributed by atoms with Gasteiger partial charge < -0.3 is 15.8 Å². The smallest absolute Gasteiger partial charge is 0.383 e. The lowest BCUT2D eigenvalue weighted by Gasteiger charge is -2.14. The number of rotatable bonds is 4. The highest BCUT2D eigenvalue weighted by atomic mass is 19.4. The molecule has 4 heterocycles. The Balaban J connectivity index is 1.85. The normalized spacial score (nSPS) is 18.7. The van der Waals surface area contributed by atoms with Crippen LogP contribution in [0.2, 0.25) is 0 Å². The fraction of sp³-hybridized carbons (Fsp3) is 0.294. The van der Waals surface area contributed by atoms with Crippen LogP contribution in [0.25, 0.3) is 22.6 Å². The molecular weight excluding hydrogens is 391 g/mol. The molecule has 12 heteroatoms. The predicted molar refractivity (Wildman–Crippen MR) is 95.7 cm³/mol. The number of amides is 1. The van der Waals surface area contributed by atoms with Gasteiger partial charge in [-0.25, -0.2) is 19.6 Å². The maximum atomic E-state index is 12.6. The van der Waals surface area contributed by atoms with E-state index in [-0.39, 0.29) is 34.4 Å². The number of halogens is 3. The van der Waals surface area contributed by atoms with E-state index in [0.29, 0.717) is 11.7 Å². The second-order valence-electron chi connectivity index (χ2n) is 6.74. The molecule has 0 saturated heterocycles. The summed E-state index contributed by atoms with van der Waals surface area (Å²) in [5.74, 6) is -0.628. The van der Waals surface area contributed by atoms with E-state index >= 15 is 0 Å². The lowest BCUT2D eigenvalue weighted by molar-refractivity contribution is -0.137. The number of nitrogens with zero attached hydrogens (tertiary/aromatic N) is 5. The number of carbonyl (C=O) groups is 2. The van der Waals surface area contributed by atoms with Crippen LogP contribution in [-0.4, -0.2) is 43.1 Å². The summed E-state index contributed by atoms with van der Waals surface area (Å²) in [7, 11) is 0. The van der Waals surface area contributed by atoms with Crippen LogP contribution in [0.5, 0.6) is 0 Å². The van der Waals surface area contributed by atoms with Crippen LogP contribution >= 0.6 is 0 Å². The largest absolute Gasteiger partial charge is 0.390 e. The second-order valence-corrected chi connectivity index (χ2v) is 6.74. The molecule has 0 aliphatic carbocycles. The van der Waals surface area contributed by atoms with Crippen molar-refractivity contribution in [2.45, 2.75) is 31.5 Å². The average molecular weight is 405 g/mol. The molecule has 0 spiro atoms. The molecule has 3 aromatic rings. The quantitative estimate of drug-likeness (QED) is 0.500. The minimum absolute atomic E-state index is 0.000424. The number of hydrogen-bond acceptors (Lipinski definition) is 7. The number of alkyl halides is 3. The molecule has 1 unspecified atom stereocenters. The third-order valence-electron chi connectivity index (χ3n) is 4.72. The summed E-state index contributed by atoms with van der Waals surface area (Å²) in [6.45, 7) is 0.961. The van der Waals surface area contributed by atoms with Crippen LogP contribution in [0.15, 0.2) is 18.3 Å². The predicted octanol–water partition coefficient (Wildman–Crippen LogP) is 1.83. The first kappa shape index (κ1) is 18.8. The first-order chi connectivity index (χ1) is 13.6. The van der Waals surface area contributed by atoms with Gasteiger partial charge in [0.25, 0.3) is 0 Å². The molecule has 1 aliphatic heterocycles. The Hall–Kier alpha value is -3.57. The molecular formula is C17H14F3N7O2. The van der Waals surface area contributed by atoms with Gasteiger partial charge in [-0.2, -0.15) is 18.3 Å². The zero-order valence-corrected chi connectivity index (χ0v) is 15.0. The van der Waals surface area contributed by atoms with E-state index in [2.05, 4.69) is 25.4 Å². The number of nitrogen functional groups attached to an aromatic ring is 1. The highest BCUT2D eigenvalue weighted by Gasteiger charge is 2.46. The number of aromatic nitrogens is 5. The van der Waals surface area contributed by atoms with Crippen LogP contribution in [0.4, 0.5) is 24.8 Å². The molecule has 3 aromatic heterocycles. The van der Waals surface area contributed by atoms with E-state index in [0.717, 1.165) is 4.68 Å². The van der Waals surface area contributed by atoms with Crippen molar-refractivity contribution >= 4 is 34.9 Å². The number of aldehydes is 1. The van der Waals surface area contributed by atoms with E-state index in [1.165, 1.54) is 13.1 Å². The Morgan fingerprint density at radius 2 is 2.10 bits per heavy atom. The SMILES string of the molecule is CC1(C=O)C(=O)Nc2nc(-c3nn(CCC(F)(F)F)c4ncccc34)nc(N)c21. The van der Waals surface area contributed by atoms with Gasteiger partial charge in [0.05, 0.1) is 23.9 Å². The van der Waals surface area contributed by atoms with Crippen LogP contribution in [0.1, 0.15) is 18.9 Å². The highest BCUT2D eigenvalue weighted by molar-refractivity contribution is 6.16. The number of pyridine rings is 1. The van der Waals surface area contributed by atoms with Gasteiger partial charge in [-0.15, -0.1) is 0 Å². The van der Waals surface area contributed by atoms with Crippen molar-refractivity contribution in [2.24, 2.45) is 0 Å². The Kier molecular flexibility index (Phi) is 4.03. The van der Waals surface area contributed by atoms with E-state index in [1.54, 1.807) is 12.1 Å². The number of hydrogen-bond donors (Lipinski definition) is 2. The topological polar surface area (TPSA) is 129 Å². The zero-order valence-electron chi connectivity index (χ0n) is 15.0. The Bertz CT molecular complexity index is 1160. The molecule has 1 aliphatic rings. The lowest BCUT2D eigenvalue weighted by Crippen LogP contribution is -2.33. The van der Waals surface area contributed by atoms with E-state index in [4.69, 9.17) is 5.73 Å². The Morgan fingerprint density at radius 1 is 1.34 bits per heavy atom. The van der Waals surface area contributed by atoms with E-state index in [9.17, 15) is 22.8 Å². The molecule has 1 amide bonds. The number of nitrogens with one attached hydrogen (secondary N) is 1. The molecule has 4 rings (SSSR count). The molecule has 29 heavy (non-hydrogen) atoms. The molecule has 0 bridgehead atoms. The first-order valence-corrected chi connectivity index (χ1v) is 8.48. The number of carbonyl (C=O) groups excluding carboxylic acids is 2. The van der Waals surface area contributed by atoms with Crippen molar-refractivity contribution in [3.63, 3.8) is 0 Å². The van der Waals surface area contributed by atoms with E-state index < -0.39 is 30.5 Å². The first-order valence-electron chi connectivity index (χ1n) is 8.48. The van der Waals surface area contributed by atoms with Crippen molar-refractivity contribution in [3.8, 4) is 11.5 Å². The van der Waals surface area contributed by atoms with Crippen LogP contribution < -0.4 is 11.1 Å². The van der Waals surface area contributed by atoms with Gasteiger partial charge in [0, 0.05) is 6.20 Å². The number of anilines is 2. The van der Waals surface area contributed by atoms with Gasteiger partial charge in [-0.1, -0.05) is 0 Å². The number of nitrogens with two attached hydrogens (primary N) is 1. The van der Waals surface area contributed by atoms with Crippen molar-refractivity contribution in [3.05, 3.63) is 23.9 Å². The molecule has 0 saturated carbocycles. The van der Waals surface area contributed by atoms with Crippen LogP contribution in [0, 0.1) is 0 Å². The molecule has 3 N–H and O–H groups in total. The summed E-state index contributed by atoms with van der Waals surface area (Å²) in [5, 5.41) is 7.11. The van der Waals surface area contributed by atoms with Gasteiger partial charge in [-0.05, 0) is 19.1 Å². The number of aryl methyl sites for hydroxylation is 1. The van der Waals surface area contributed by atoms with Crippen LogP contribution in [-0.2, 0) is 21.5 Å². The van der Waals surface area contributed by atoms with Gasteiger partial charge in [0.15, 0.2) is 11.5 Å². The minimum atomic E-state index is -4.36. The molecule has 0 radical (unpaired) electrons. The fourth-order valence-electron chi connectivity index (χ4n) is 3.21. The molecule has 9 nitrogen and oxygen atoms in total. The van der Waals surface area contributed by atoms with Gasteiger partial charge >= 0.3 is 6.18 Å². The van der Waals surface area contributed by atoms with Crippen molar-refractivity contribution in [1.82, 2.24) is 24.7 Å². The third-order valence-corrected chi connectivity index (χ3v) is 4.72. The Morgan fingerprint density at radius 3 is 2.79 bits per heavy atom. The summed E-state index contributed by atoms with van der Waals surface area (Å²) in [4.78, 5) is 36.1. The van der Waals surface area contributed by atoms with Gasteiger partial charge in [-0.3, -0.25) is 4.79 Å². The number of fused-ring (bicyclic) bond motifs is 2. The van der Waals surface area contributed by atoms with Crippen LogP contribution in [0.3, 0.4) is 0 Å². The molecule has 150 valence electrons. The molecule has 0 aromatic carbocycles. The van der Waals surface area contributed by atoms with Crippen molar-refractivity contribution in [1.29, 1.82) is 0 Å². The molecule has 0 fully saturated rings. The molecule has 1 atom stereocenters. The summed E-state index contributed by atoms with van der Waals surface area (Å²) in [5.41, 5.74) is 5.02.